The number of para-hydroxylation sites is 1. The second-order valence-corrected chi connectivity index (χ2v) is 8.05. The van der Waals surface area contributed by atoms with Gasteiger partial charge in [-0.2, -0.15) is 4.68 Å². The number of benzene rings is 2. The Hall–Kier alpha value is -2.99. The average molecular weight is 405 g/mol. The summed E-state index contributed by atoms with van der Waals surface area (Å²) in [5, 5.41) is 3.94. The maximum atomic E-state index is 13.3. The SMILES string of the molecule is CCCc1[nH]n(-c2nc3ccccc3s2)c(=O)c1C(C)=Nc1ccc(CC)cc1. The zero-order chi connectivity index (χ0) is 20.4. The van der Waals surface area contributed by atoms with Crippen molar-refractivity contribution in [1.82, 2.24) is 14.8 Å². The lowest BCUT2D eigenvalue weighted by Crippen LogP contribution is -2.19. The van der Waals surface area contributed by atoms with Gasteiger partial charge in [0.25, 0.3) is 5.56 Å². The highest BCUT2D eigenvalue weighted by atomic mass is 32.1. The molecular weight excluding hydrogens is 380 g/mol. The van der Waals surface area contributed by atoms with E-state index in [-0.39, 0.29) is 5.56 Å². The van der Waals surface area contributed by atoms with Crippen molar-refractivity contribution in [3.63, 3.8) is 0 Å². The van der Waals surface area contributed by atoms with E-state index >= 15 is 0 Å². The lowest BCUT2D eigenvalue weighted by molar-refractivity contribution is 0.790. The number of aromatic amines is 1. The van der Waals surface area contributed by atoms with Crippen molar-refractivity contribution in [2.75, 3.05) is 0 Å². The highest BCUT2D eigenvalue weighted by molar-refractivity contribution is 7.20. The van der Waals surface area contributed by atoms with Gasteiger partial charge in [0, 0.05) is 5.69 Å². The van der Waals surface area contributed by atoms with Gasteiger partial charge in [-0.05, 0) is 49.6 Å². The molecule has 2 heterocycles. The van der Waals surface area contributed by atoms with Crippen molar-refractivity contribution in [3.8, 4) is 5.13 Å². The minimum absolute atomic E-state index is 0.0982. The molecule has 6 heteroatoms. The molecule has 5 nitrogen and oxygen atoms in total. The number of fused-ring (bicyclic) bond motifs is 1. The minimum atomic E-state index is -0.0982. The van der Waals surface area contributed by atoms with Crippen molar-refractivity contribution in [2.24, 2.45) is 4.99 Å². The molecular formula is C23H24N4OS. The van der Waals surface area contributed by atoms with E-state index in [0.717, 1.165) is 46.6 Å². The summed E-state index contributed by atoms with van der Waals surface area (Å²) in [5.41, 5.74) is 5.20. The summed E-state index contributed by atoms with van der Waals surface area (Å²) in [6.07, 6.45) is 2.71. The lowest BCUT2D eigenvalue weighted by Gasteiger charge is -2.02. The number of aliphatic imine (C=N–C) groups is 1. The molecule has 0 aliphatic heterocycles. The first kappa shape index (κ1) is 19.3. The molecule has 1 N–H and O–H groups in total. The van der Waals surface area contributed by atoms with Crippen molar-refractivity contribution in [2.45, 2.75) is 40.0 Å². The van der Waals surface area contributed by atoms with Crippen LogP contribution in [-0.4, -0.2) is 20.5 Å². The van der Waals surface area contributed by atoms with Gasteiger partial charge >= 0.3 is 0 Å². The molecule has 0 aliphatic rings. The summed E-state index contributed by atoms with van der Waals surface area (Å²) in [6.45, 7) is 6.14. The zero-order valence-corrected chi connectivity index (χ0v) is 17.7. The van der Waals surface area contributed by atoms with Crippen LogP contribution in [0.5, 0.6) is 0 Å². The van der Waals surface area contributed by atoms with Gasteiger partial charge in [0.15, 0.2) is 0 Å². The van der Waals surface area contributed by atoms with Crippen LogP contribution in [0.3, 0.4) is 0 Å². The Morgan fingerprint density at radius 1 is 1.14 bits per heavy atom. The van der Waals surface area contributed by atoms with Crippen LogP contribution < -0.4 is 5.56 Å². The number of thiazole rings is 1. The van der Waals surface area contributed by atoms with E-state index in [1.54, 1.807) is 4.68 Å². The molecule has 4 rings (SSSR count). The Labute approximate surface area is 173 Å². The summed E-state index contributed by atoms with van der Waals surface area (Å²) in [4.78, 5) is 22.6. The molecule has 29 heavy (non-hydrogen) atoms. The van der Waals surface area contributed by atoms with Crippen molar-refractivity contribution in [1.29, 1.82) is 0 Å². The zero-order valence-electron chi connectivity index (χ0n) is 16.9. The van der Waals surface area contributed by atoms with E-state index in [9.17, 15) is 4.79 Å². The summed E-state index contributed by atoms with van der Waals surface area (Å²) >= 11 is 1.51. The summed E-state index contributed by atoms with van der Waals surface area (Å²) in [6, 6.07) is 16.1. The lowest BCUT2D eigenvalue weighted by atomic mass is 10.1. The van der Waals surface area contributed by atoms with Gasteiger partial charge in [0.2, 0.25) is 5.13 Å². The van der Waals surface area contributed by atoms with Crippen LogP contribution in [0.25, 0.3) is 15.3 Å². The summed E-state index contributed by atoms with van der Waals surface area (Å²) in [5.74, 6) is 0. The fraction of sp³-hybridized carbons (Fsp3) is 0.261. The van der Waals surface area contributed by atoms with E-state index in [1.165, 1.54) is 16.9 Å². The van der Waals surface area contributed by atoms with Gasteiger partial charge in [-0.3, -0.25) is 14.9 Å². The van der Waals surface area contributed by atoms with Crippen molar-refractivity contribution < 1.29 is 0 Å². The molecule has 2 aromatic heterocycles. The highest BCUT2D eigenvalue weighted by Crippen LogP contribution is 2.24. The number of nitrogens with zero attached hydrogens (tertiary/aromatic N) is 3. The molecule has 0 bridgehead atoms. The third-order valence-electron chi connectivity index (χ3n) is 4.94. The Morgan fingerprint density at radius 2 is 1.90 bits per heavy atom. The second-order valence-electron chi connectivity index (χ2n) is 7.04. The van der Waals surface area contributed by atoms with Gasteiger partial charge in [-0.15, -0.1) is 0 Å². The highest BCUT2D eigenvalue weighted by Gasteiger charge is 2.19. The standard InChI is InChI=1S/C23H24N4OS/c1-4-8-19-21(15(3)24-17-13-11-16(5-2)12-14-17)22(28)27(26-19)23-25-18-9-6-7-10-20(18)29-23/h6-7,9-14,26H,4-5,8H2,1-3H3. The molecule has 0 fully saturated rings. The van der Waals surface area contributed by atoms with E-state index in [2.05, 4.69) is 36.1 Å². The van der Waals surface area contributed by atoms with Crippen LogP contribution >= 0.6 is 11.3 Å². The van der Waals surface area contributed by atoms with Crippen LogP contribution in [0, 0.1) is 0 Å². The van der Waals surface area contributed by atoms with Gasteiger partial charge in [-0.1, -0.05) is 55.9 Å². The second kappa shape index (κ2) is 8.17. The van der Waals surface area contributed by atoms with Crippen LogP contribution in [-0.2, 0) is 12.8 Å². The molecule has 0 amide bonds. The molecule has 0 radical (unpaired) electrons. The van der Waals surface area contributed by atoms with Crippen molar-refractivity contribution in [3.05, 3.63) is 75.7 Å². The molecule has 0 saturated carbocycles. The first-order valence-electron chi connectivity index (χ1n) is 9.95. The predicted octanol–water partition coefficient (Wildman–Crippen LogP) is 5.43. The number of hydrogen-bond acceptors (Lipinski definition) is 4. The Bertz CT molecular complexity index is 1190. The van der Waals surface area contributed by atoms with E-state index in [1.807, 2.05) is 43.3 Å². The Kier molecular flexibility index (Phi) is 5.45. The Morgan fingerprint density at radius 3 is 2.59 bits per heavy atom. The summed E-state index contributed by atoms with van der Waals surface area (Å²) in [7, 11) is 0. The Balaban J connectivity index is 1.79. The monoisotopic (exact) mass is 404 g/mol. The molecule has 0 unspecified atom stereocenters. The fourth-order valence-corrected chi connectivity index (χ4v) is 4.36. The first-order valence-corrected chi connectivity index (χ1v) is 10.8. The average Bonchev–Trinajstić information content (AvgIpc) is 3.29. The minimum Gasteiger partial charge on any atom is -0.292 e. The van der Waals surface area contributed by atoms with Crippen molar-refractivity contribution >= 4 is 33.0 Å². The number of hydrogen-bond donors (Lipinski definition) is 1. The number of rotatable bonds is 6. The van der Waals surface area contributed by atoms with Gasteiger partial charge < -0.3 is 0 Å². The number of nitrogens with one attached hydrogen (secondary N) is 1. The number of H-pyrrole nitrogens is 1. The van der Waals surface area contributed by atoms with Crippen LogP contribution in [0.4, 0.5) is 5.69 Å². The molecule has 4 aromatic rings. The molecule has 148 valence electrons. The molecule has 0 spiro atoms. The number of aromatic nitrogens is 3. The maximum Gasteiger partial charge on any atom is 0.282 e. The van der Waals surface area contributed by atoms with Gasteiger partial charge in [0.1, 0.15) is 0 Å². The molecule has 0 atom stereocenters. The summed E-state index contributed by atoms with van der Waals surface area (Å²) < 4.78 is 2.62. The van der Waals surface area contributed by atoms with Crippen LogP contribution in [0.15, 0.2) is 58.3 Å². The third kappa shape index (κ3) is 3.80. The van der Waals surface area contributed by atoms with Crippen LogP contribution in [0.2, 0.25) is 0 Å². The maximum absolute atomic E-state index is 13.3. The quantitative estimate of drug-likeness (QED) is 0.436. The van der Waals surface area contributed by atoms with Gasteiger partial charge in [0.05, 0.1) is 27.2 Å². The largest absolute Gasteiger partial charge is 0.292 e. The predicted molar refractivity (Wildman–Crippen MR) is 121 cm³/mol. The molecule has 2 aromatic carbocycles. The molecule has 0 saturated heterocycles. The fourth-order valence-electron chi connectivity index (χ4n) is 3.43. The number of aryl methyl sites for hydroxylation is 2. The molecule has 0 aliphatic carbocycles. The van der Waals surface area contributed by atoms with Crippen LogP contribution in [0.1, 0.15) is 44.0 Å². The topological polar surface area (TPSA) is 63.0 Å². The smallest absolute Gasteiger partial charge is 0.282 e. The third-order valence-corrected chi connectivity index (χ3v) is 5.96. The van der Waals surface area contributed by atoms with Gasteiger partial charge in [-0.25, -0.2) is 4.98 Å². The van der Waals surface area contributed by atoms with E-state index < -0.39 is 0 Å². The normalized spacial score (nSPS) is 12.0. The van der Waals surface area contributed by atoms with E-state index in [4.69, 9.17) is 4.99 Å². The first-order chi connectivity index (χ1) is 14.1. The van der Waals surface area contributed by atoms with E-state index in [0.29, 0.717) is 10.7 Å².